The van der Waals surface area contributed by atoms with Crippen LogP contribution in [0.25, 0.3) is 22.4 Å². The molecule has 0 aliphatic rings. The van der Waals surface area contributed by atoms with Gasteiger partial charge in [-0.2, -0.15) is 0 Å². The van der Waals surface area contributed by atoms with E-state index in [-0.39, 0.29) is 22.5 Å². The predicted molar refractivity (Wildman–Crippen MR) is 73.3 cm³/mol. The quantitative estimate of drug-likeness (QED) is 0.677. The predicted octanol–water partition coefficient (Wildman–Crippen LogP) is 3.12. The van der Waals surface area contributed by atoms with Crippen molar-refractivity contribution in [1.82, 2.24) is 10.1 Å². The van der Waals surface area contributed by atoms with Crippen LogP contribution in [0.3, 0.4) is 0 Å². The molecule has 2 aromatic heterocycles. The van der Waals surface area contributed by atoms with Crippen LogP contribution in [-0.2, 0) is 4.74 Å². The topological polar surface area (TPSA) is 65.2 Å². The van der Waals surface area contributed by atoms with Crippen LogP contribution in [0.15, 0.2) is 34.9 Å². The third-order valence-corrected chi connectivity index (χ3v) is 3.17. The molecule has 106 valence electrons. The van der Waals surface area contributed by atoms with Gasteiger partial charge in [-0.3, -0.25) is 0 Å². The Kier molecular flexibility index (Phi) is 3.13. The van der Waals surface area contributed by atoms with Gasteiger partial charge in [-0.05, 0) is 25.1 Å². The lowest BCUT2D eigenvalue weighted by atomic mass is 10.1. The molecule has 0 N–H and O–H groups in total. The number of nitrogens with zero attached hydrogens (tertiary/aromatic N) is 2. The molecular weight excluding hydrogens is 275 g/mol. The number of aromatic nitrogens is 2. The SMILES string of the molecule is COC(=O)c1cc(-c2ccccc2F)nc2onc(C)c12. The van der Waals surface area contributed by atoms with E-state index in [9.17, 15) is 9.18 Å². The van der Waals surface area contributed by atoms with Gasteiger partial charge in [0, 0.05) is 5.56 Å². The molecule has 0 saturated carbocycles. The van der Waals surface area contributed by atoms with Crippen molar-refractivity contribution in [2.45, 2.75) is 6.92 Å². The second-order valence-corrected chi connectivity index (χ2v) is 4.47. The zero-order valence-electron chi connectivity index (χ0n) is 11.4. The van der Waals surface area contributed by atoms with Gasteiger partial charge in [0.25, 0.3) is 5.71 Å². The van der Waals surface area contributed by atoms with E-state index < -0.39 is 11.8 Å². The summed E-state index contributed by atoms with van der Waals surface area (Å²) in [4.78, 5) is 16.2. The normalized spacial score (nSPS) is 10.8. The molecule has 0 saturated heterocycles. The first-order chi connectivity index (χ1) is 10.1. The highest BCUT2D eigenvalue weighted by Crippen LogP contribution is 2.28. The molecule has 0 radical (unpaired) electrons. The van der Waals surface area contributed by atoms with Gasteiger partial charge in [0.1, 0.15) is 5.82 Å². The maximum Gasteiger partial charge on any atom is 0.338 e. The van der Waals surface area contributed by atoms with Crippen molar-refractivity contribution in [3.63, 3.8) is 0 Å². The molecule has 1 aromatic carbocycles. The van der Waals surface area contributed by atoms with E-state index in [1.54, 1.807) is 25.1 Å². The number of hydrogen-bond acceptors (Lipinski definition) is 5. The maximum absolute atomic E-state index is 13.9. The second kappa shape index (κ2) is 4.97. The molecule has 0 fully saturated rings. The zero-order valence-corrected chi connectivity index (χ0v) is 11.4. The van der Waals surface area contributed by atoms with Crippen LogP contribution in [0.5, 0.6) is 0 Å². The Morgan fingerprint density at radius 1 is 1.33 bits per heavy atom. The van der Waals surface area contributed by atoms with Crippen LogP contribution in [0.2, 0.25) is 0 Å². The maximum atomic E-state index is 13.9. The van der Waals surface area contributed by atoms with Crippen LogP contribution >= 0.6 is 0 Å². The van der Waals surface area contributed by atoms with Crippen molar-refractivity contribution >= 4 is 17.1 Å². The smallest absolute Gasteiger partial charge is 0.338 e. The van der Waals surface area contributed by atoms with Gasteiger partial charge in [-0.1, -0.05) is 17.3 Å². The average Bonchev–Trinajstić information content (AvgIpc) is 2.87. The lowest BCUT2D eigenvalue weighted by molar-refractivity contribution is 0.0603. The zero-order chi connectivity index (χ0) is 15.0. The van der Waals surface area contributed by atoms with Crippen LogP contribution in [0.4, 0.5) is 4.39 Å². The third-order valence-electron chi connectivity index (χ3n) is 3.17. The first-order valence-electron chi connectivity index (χ1n) is 6.22. The fourth-order valence-electron chi connectivity index (χ4n) is 2.17. The number of rotatable bonds is 2. The lowest BCUT2D eigenvalue weighted by Crippen LogP contribution is -2.04. The fraction of sp³-hybridized carbons (Fsp3) is 0.133. The van der Waals surface area contributed by atoms with Crippen molar-refractivity contribution < 1.29 is 18.4 Å². The van der Waals surface area contributed by atoms with Crippen LogP contribution in [-0.4, -0.2) is 23.2 Å². The van der Waals surface area contributed by atoms with E-state index >= 15 is 0 Å². The third kappa shape index (κ3) is 2.14. The molecule has 0 aliphatic carbocycles. The van der Waals surface area contributed by atoms with E-state index in [0.29, 0.717) is 11.1 Å². The molecule has 6 heteroatoms. The number of pyridine rings is 1. The first kappa shape index (κ1) is 13.2. The second-order valence-electron chi connectivity index (χ2n) is 4.47. The number of esters is 1. The average molecular weight is 286 g/mol. The minimum atomic E-state index is -0.550. The molecule has 0 aliphatic heterocycles. The molecule has 0 unspecified atom stereocenters. The van der Waals surface area contributed by atoms with Gasteiger partial charge in [0.15, 0.2) is 0 Å². The summed E-state index contributed by atoms with van der Waals surface area (Å²) in [7, 11) is 1.28. The van der Waals surface area contributed by atoms with Crippen molar-refractivity contribution in [3.8, 4) is 11.3 Å². The van der Waals surface area contributed by atoms with Gasteiger partial charge < -0.3 is 9.26 Å². The summed E-state index contributed by atoms with van der Waals surface area (Å²) >= 11 is 0. The lowest BCUT2D eigenvalue weighted by Gasteiger charge is -2.06. The standard InChI is InChI=1S/C15H11FN2O3/c1-8-13-10(15(19)20-2)7-12(17-14(13)21-18-8)9-5-3-4-6-11(9)16/h3-7H,1-2H3. The number of halogens is 1. The monoisotopic (exact) mass is 286 g/mol. The Hall–Kier alpha value is -2.76. The summed E-state index contributed by atoms with van der Waals surface area (Å²) in [5, 5.41) is 4.27. The summed E-state index contributed by atoms with van der Waals surface area (Å²) < 4.78 is 23.7. The van der Waals surface area contributed by atoms with E-state index in [1.807, 2.05) is 0 Å². The van der Waals surface area contributed by atoms with E-state index in [4.69, 9.17) is 9.26 Å². The molecule has 0 spiro atoms. The Labute approximate surface area is 119 Å². The summed E-state index contributed by atoms with van der Waals surface area (Å²) in [6.07, 6.45) is 0. The Bertz CT molecular complexity index is 842. The van der Waals surface area contributed by atoms with Crippen molar-refractivity contribution in [2.75, 3.05) is 7.11 Å². The molecule has 0 amide bonds. The largest absolute Gasteiger partial charge is 0.465 e. The molecular formula is C15H11FN2O3. The Morgan fingerprint density at radius 2 is 2.10 bits per heavy atom. The number of aryl methyl sites for hydroxylation is 1. The molecule has 3 aromatic rings. The highest BCUT2D eigenvalue weighted by molar-refractivity contribution is 6.04. The van der Waals surface area contributed by atoms with Gasteiger partial charge in [0.2, 0.25) is 0 Å². The van der Waals surface area contributed by atoms with E-state index in [0.717, 1.165) is 0 Å². The highest BCUT2D eigenvalue weighted by atomic mass is 19.1. The first-order valence-corrected chi connectivity index (χ1v) is 6.22. The Morgan fingerprint density at radius 3 is 2.81 bits per heavy atom. The highest BCUT2D eigenvalue weighted by Gasteiger charge is 2.20. The molecule has 0 atom stereocenters. The van der Waals surface area contributed by atoms with E-state index in [1.165, 1.54) is 19.2 Å². The number of carbonyl (C=O) groups is 1. The number of methoxy groups -OCH3 is 1. The van der Waals surface area contributed by atoms with Gasteiger partial charge in [0.05, 0.1) is 29.4 Å². The minimum absolute atomic E-state index is 0.175. The number of ether oxygens (including phenoxy) is 1. The summed E-state index contributed by atoms with van der Waals surface area (Å²) in [5.41, 5.74) is 1.52. The number of fused-ring (bicyclic) bond motifs is 1. The van der Waals surface area contributed by atoms with Crippen molar-refractivity contribution in [1.29, 1.82) is 0 Å². The summed E-state index contributed by atoms with van der Waals surface area (Å²) in [6, 6.07) is 7.65. The number of benzene rings is 1. The number of carbonyl (C=O) groups excluding carboxylic acids is 1. The molecule has 5 nitrogen and oxygen atoms in total. The summed E-state index contributed by atoms with van der Waals surface area (Å²) in [6.45, 7) is 1.70. The fourth-order valence-corrected chi connectivity index (χ4v) is 2.17. The van der Waals surface area contributed by atoms with Crippen LogP contribution < -0.4 is 0 Å². The van der Waals surface area contributed by atoms with Crippen LogP contribution in [0.1, 0.15) is 16.1 Å². The molecule has 0 bridgehead atoms. The minimum Gasteiger partial charge on any atom is -0.465 e. The van der Waals surface area contributed by atoms with Crippen molar-refractivity contribution in [3.05, 3.63) is 47.4 Å². The van der Waals surface area contributed by atoms with Gasteiger partial charge >= 0.3 is 5.97 Å². The molecule has 2 heterocycles. The van der Waals surface area contributed by atoms with Gasteiger partial charge in [-0.15, -0.1) is 0 Å². The van der Waals surface area contributed by atoms with E-state index in [2.05, 4.69) is 10.1 Å². The van der Waals surface area contributed by atoms with Crippen molar-refractivity contribution in [2.24, 2.45) is 0 Å². The number of hydrogen-bond donors (Lipinski definition) is 0. The molecule has 21 heavy (non-hydrogen) atoms. The molecule has 3 rings (SSSR count). The Balaban J connectivity index is 2.31. The summed E-state index contributed by atoms with van der Waals surface area (Å²) in [5.74, 6) is -0.984. The van der Waals surface area contributed by atoms with Gasteiger partial charge in [-0.25, -0.2) is 14.2 Å². The van der Waals surface area contributed by atoms with Crippen LogP contribution in [0, 0.1) is 12.7 Å².